The van der Waals surface area contributed by atoms with Gasteiger partial charge in [-0.05, 0) is 96.4 Å². The third kappa shape index (κ3) is 8.70. The molecular formula is C32H53N5. The number of fused-ring (bicyclic) bond motifs is 2. The topological polar surface area (TPSA) is 38.9 Å². The average Bonchev–Trinajstić information content (AvgIpc) is 3.52. The van der Waals surface area contributed by atoms with E-state index in [-0.39, 0.29) is 5.54 Å². The number of imidazole rings is 2. The fourth-order valence-electron chi connectivity index (χ4n) is 4.45. The second kappa shape index (κ2) is 15.6. The van der Waals surface area contributed by atoms with Crippen LogP contribution in [0.5, 0.6) is 0 Å². The Bertz CT molecular complexity index is 1180. The van der Waals surface area contributed by atoms with Gasteiger partial charge in [-0.3, -0.25) is 0 Å². The van der Waals surface area contributed by atoms with Crippen LogP contribution in [0.3, 0.4) is 0 Å². The molecule has 2 aromatic heterocycles. The minimum atomic E-state index is 0.0997. The van der Waals surface area contributed by atoms with Crippen LogP contribution >= 0.6 is 0 Å². The number of likely N-dealkylation sites (tertiary alicyclic amines) is 1. The highest BCUT2D eigenvalue weighted by Crippen LogP contribution is 2.25. The van der Waals surface area contributed by atoms with Gasteiger partial charge in [0.25, 0.3) is 0 Å². The fourth-order valence-corrected chi connectivity index (χ4v) is 4.45. The molecule has 5 rings (SSSR count). The number of hydrogen-bond donors (Lipinski definition) is 0. The van der Waals surface area contributed by atoms with Crippen LogP contribution < -0.4 is 0 Å². The molecule has 0 amide bonds. The molecule has 0 aliphatic carbocycles. The van der Waals surface area contributed by atoms with E-state index in [9.17, 15) is 0 Å². The standard InChI is InChI=1S/C14H19N3.C12H16N2.3C2H6/c1-11-5-6-13-14(8-11)17(10-15-13)12-4-3-7-16(2)9-12;1-9-5-6-10-11(7-9)14(8-13-10)12(2,3)4;3*1-2/h5-6,8,10,12H,3-4,7,9H2,1-2H3;5-8H,1-4H3;3*1-2H3. The van der Waals surface area contributed by atoms with Crippen molar-refractivity contribution in [3.8, 4) is 0 Å². The van der Waals surface area contributed by atoms with Gasteiger partial charge in [-0.2, -0.15) is 0 Å². The summed E-state index contributed by atoms with van der Waals surface area (Å²) >= 11 is 0. The average molecular weight is 508 g/mol. The Morgan fingerprint density at radius 1 is 0.757 bits per heavy atom. The number of benzene rings is 2. The van der Waals surface area contributed by atoms with Crippen molar-refractivity contribution in [2.45, 2.75) is 101 Å². The van der Waals surface area contributed by atoms with Gasteiger partial charge in [0, 0.05) is 18.1 Å². The maximum atomic E-state index is 4.50. The van der Waals surface area contributed by atoms with Gasteiger partial charge in [-0.15, -0.1) is 0 Å². The van der Waals surface area contributed by atoms with Crippen molar-refractivity contribution in [2.24, 2.45) is 0 Å². The predicted octanol–water partition coefficient (Wildman–Crippen LogP) is 8.79. The summed E-state index contributed by atoms with van der Waals surface area (Å²) in [5.74, 6) is 0. The monoisotopic (exact) mass is 507 g/mol. The first-order valence-electron chi connectivity index (χ1n) is 14.3. The molecule has 0 N–H and O–H groups in total. The normalized spacial score (nSPS) is 15.3. The van der Waals surface area contributed by atoms with Crippen LogP contribution in [0, 0.1) is 13.8 Å². The van der Waals surface area contributed by atoms with Gasteiger partial charge in [0.2, 0.25) is 0 Å². The summed E-state index contributed by atoms with van der Waals surface area (Å²) < 4.78 is 4.58. The van der Waals surface area contributed by atoms with Crippen LogP contribution in [0.1, 0.15) is 92.3 Å². The van der Waals surface area contributed by atoms with E-state index in [0.29, 0.717) is 6.04 Å². The zero-order valence-corrected chi connectivity index (χ0v) is 25.8. The number of aromatic nitrogens is 4. The lowest BCUT2D eigenvalue weighted by atomic mass is 10.1. The van der Waals surface area contributed by atoms with Gasteiger partial charge in [-0.25, -0.2) is 9.97 Å². The van der Waals surface area contributed by atoms with Crippen molar-refractivity contribution in [2.75, 3.05) is 20.1 Å². The lowest BCUT2D eigenvalue weighted by Crippen LogP contribution is -2.33. The zero-order chi connectivity index (χ0) is 28.2. The fraction of sp³-hybridized carbons (Fsp3) is 0.562. The summed E-state index contributed by atoms with van der Waals surface area (Å²) in [5, 5.41) is 0. The molecule has 1 saturated heterocycles. The Labute approximate surface area is 226 Å². The van der Waals surface area contributed by atoms with E-state index in [1.165, 1.54) is 41.5 Å². The van der Waals surface area contributed by atoms with E-state index < -0.39 is 0 Å². The van der Waals surface area contributed by atoms with Gasteiger partial charge < -0.3 is 14.0 Å². The quantitative estimate of drug-likeness (QED) is 0.258. The van der Waals surface area contributed by atoms with Crippen molar-refractivity contribution < 1.29 is 0 Å². The lowest BCUT2D eigenvalue weighted by Gasteiger charge is -2.30. The number of hydrogen-bond acceptors (Lipinski definition) is 3. The first-order chi connectivity index (χ1) is 17.7. The van der Waals surface area contributed by atoms with Gasteiger partial charge in [0.05, 0.1) is 34.7 Å². The largest absolute Gasteiger partial charge is 0.326 e. The second-order valence-electron chi connectivity index (χ2n) is 9.98. The maximum absolute atomic E-state index is 4.50. The molecule has 1 atom stereocenters. The summed E-state index contributed by atoms with van der Waals surface area (Å²) in [6.07, 6.45) is 6.48. The molecule has 0 radical (unpaired) electrons. The number of likely N-dealkylation sites (N-methyl/N-ethyl adjacent to an activating group) is 1. The molecule has 0 saturated carbocycles. The van der Waals surface area contributed by atoms with Crippen LogP contribution in [0.2, 0.25) is 0 Å². The van der Waals surface area contributed by atoms with Gasteiger partial charge >= 0.3 is 0 Å². The highest BCUT2D eigenvalue weighted by molar-refractivity contribution is 5.77. The van der Waals surface area contributed by atoms with Crippen LogP contribution in [0.4, 0.5) is 0 Å². The third-order valence-corrected chi connectivity index (χ3v) is 6.15. The Kier molecular flexibility index (Phi) is 13.6. The summed E-state index contributed by atoms with van der Waals surface area (Å²) in [6.45, 7) is 25.2. The Morgan fingerprint density at radius 3 is 1.81 bits per heavy atom. The second-order valence-corrected chi connectivity index (χ2v) is 9.98. The summed E-state index contributed by atoms with van der Waals surface area (Å²) in [5.41, 5.74) is 7.38. The van der Waals surface area contributed by atoms with Crippen LogP contribution in [-0.2, 0) is 5.54 Å². The number of nitrogens with zero attached hydrogens (tertiary/aromatic N) is 5. The van der Waals surface area contributed by atoms with E-state index in [0.717, 1.165) is 17.6 Å². The number of aryl methyl sites for hydroxylation is 2. The SMILES string of the molecule is CC.CC.CC.Cc1ccc2ncn(C(C)(C)C)c2c1.Cc1ccc2ncn(C3CCCN(C)C3)c2c1. The van der Waals surface area contributed by atoms with E-state index in [1.54, 1.807) is 0 Å². The van der Waals surface area contributed by atoms with Crippen molar-refractivity contribution >= 4 is 22.1 Å². The van der Waals surface area contributed by atoms with E-state index >= 15 is 0 Å². The van der Waals surface area contributed by atoms with E-state index in [1.807, 2.05) is 54.2 Å². The van der Waals surface area contributed by atoms with E-state index in [4.69, 9.17) is 0 Å². The zero-order valence-electron chi connectivity index (χ0n) is 25.8. The molecule has 206 valence electrons. The van der Waals surface area contributed by atoms with Crippen molar-refractivity contribution in [1.82, 2.24) is 24.0 Å². The molecule has 1 fully saturated rings. The van der Waals surface area contributed by atoms with Crippen LogP contribution in [0.15, 0.2) is 49.1 Å². The Morgan fingerprint density at radius 2 is 1.27 bits per heavy atom. The molecular weight excluding hydrogens is 454 g/mol. The highest BCUT2D eigenvalue weighted by atomic mass is 15.2. The van der Waals surface area contributed by atoms with Crippen LogP contribution in [0.25, 0.3) is 22.1 Å². The molecule has 4 aromatic rings. The molecule has 37 heavy (non-hydrogen) atoms. The van der Waals surface area contributed by atoms with Gasteiger partial charge in [-0.1, -0.05) is 53.7 Å². The van der Waals surface area contributed by atoms with Crippen LogP contribution in [-0.4, -0.2) is 44.1 Å². The van der Waals surface area contributed by atoms with Crippen molar-refractivity contribution in [3.63, 3.8) is 0 Å². The maximum Gasteiger partial charge on any atom is 0.0963 e. The molecule has 3 heterocycles. The Hall–Kier alpha value is -2.66. The smallest absolute Gasteiger partial charge is 0.0963 e. The summed E-state index contributed by atoms with van der Waals surface area (Å²) in [7, 11) is 2.20. The molecule has 5 heteroatoms. The minimum Gasteiger partial charge on any atom is -0.326 e. The number of rotatable bonds is 1. The van der Waals surface area contributed by atoms with Gasteiger partial charge in [0.1, 0.15) is 0 Å². The summed E-state index contributed by atoms with van der Waals surface area (Å²) in [4.78, 5) is 11.3. The summed E-state index contributed by atoms with van der Waals surface area (Å²) in [6, 6.07) is 13.4. The van der Waals surface area contributed by atoms with E-state index in [2.05, 4.69) is 102 Å². The molecule has 2 aromatic carbocycles. The minimum absolute atomic E-state index is 0.0997. The molecule has 1 aliphatic heterocycles. The molecule has 0 spiro atoms. The van der Waals surface area contributed by atoms with Crippen molar-refractivity contribution in [1.29, 1.82) is 0 Å². The molecule has 0 bridgehead atoms. The third-order valence-electron chi connectivity index (χ3n) is 6.15. The Balaban J connectivity index is 0.000000312. The highest BCUT2D eigenvalue weighted by Gasteiger charge is 2.20. The van der Waals surface area contributed by atoms with Crippen molar-refractivity contribution in [3.05, 3.63) is 60.2 Å². The molecule has 5 nitrogen and oxygen atoms in total. The first kappa shape index (κ1) is 32.4. The predicted molar refractivity (Wildman–Crippen MR) is 164 cm³/mol. The molecule has 1 aliphatic rings. The molecule has 1 unspecified atom stereocenters. The lowest BCUT2D eigenvalue weighted by molar-refractivity contribution is 0.214. The first-order valence-corrected chi connectivity index (χ1v) is 14.3. The van der Waals surface area contributed by atoms with Gasteiger partial charge in [0.15, 0.2) is 0 Å². The number of piperidine rings is 1.